The van der Waals surface area contributed by atoms with Crippen LogP contribution in [0.1, 0.15) is 26.5 Å². The number of hydrogen-bond donors (Lipinski definition) is 0. The average molecular weight is 265 g/mol. The number of rotatable bonds is 5. The van der Waals surface area contributed by atoms with E-state index in [-0.39, 0.29) is 5.04 Å². The zero-order chi connectivity index (χ0) is 13.8. The van der Waals surface area contributed by atoms with E-state index in [0.29, 0.717) is 19.7 Å². The van der Waals surface area contributed by atoms with Crippen LogP contribution in [0.4, 0.5) is 0 Å². The summed E-state index contributed by atoms with van der Waals surface area (Å²) in [6.45, 7) is 19.7. The molecule has 0 aromatic carbocycles. The lowest BCUT2D eigenvalue weighted by atomic mass is 10.2. The fourth-order valence-electron chi connectivity index (χ4n) is 1.24. The maximum Gasteiger partial charge on any atom is 0.232 e. The molecule has 1 aromatic rings. The highest BCUT2D eigenvalue weighted by molar-refractivity contribution is 6.74. The van der Waals surface area contributed by atoms with Gasteiger partial charge < -0.3 is 13.8 Å². The summed E-state index contributed by atoms with van der Waals surface area (Å²) < 4.78 is 8.05. The molecule has 0 bridgehead atoms. The van der Waals surface area contributed by atoms with Crippen LogP contribution in [0.5, 0.6) is 0 Å². The summed E-state index contributed by atoms with van der Waals surface area (Å²) in [5.74, 6) is 0. The second kappa shape index (κ2) is 5.68. The second-order valence-corrected chi connectivity index (χ2v) is 10.8. The standard InChI is InChI=1S/C13H23N3OSi/c1-13(2,3)18(5,6)17-10-12-9-16(11-15-12)8-7-14-4/h9,11H,7-8,10H2,1-3,5-6H3. The smallest absolute Gasteiger partial charge is 0.232 e. The highest BCUT2D eigenvalue weighted by Crippen LogP contribution is 2.36. The molecule has 1 heterocycles. The molecule has 1 rings (SSSR count). The van der Waals surface area contributed by atoms with Crippen LogP contribution < -0.4 is 0 Å². The van der Waals surface area contributed by atoms with Crippen molar-refractivity contribution in [3.63, 3.8) is 0 Å². The molecule has 5 heteroatoms. The third-order valence-electron chi connectivity index (χ3n) is 3.54. The normalized spacial score (nSPS) is 12.4. The third-order valence-corrected chi connectivity index (χ3v) is 8.02. The quantitative estimate of drug-likeness (QED) is 0.604. The minimum Gasteiger partial charge on any atom is -0.411 e. The van der Waals surface area contributed by atoms with Crippen molar-refractivity contribution in [2.75, 3.05) is 6.54 Å². The Kier molecular flexibility index (Phi) is 4.71. The first-order valence-electron chi connectivity index (χ1n) is 6.24. The van der Waals surface area contributed by atoms with Gasteiger partial charge in [-0.05, 0) is 18.1 Å². The zero-order valence-electron chi connectivity index (χ0n) is 12.0. The van der Waals surface area contributed by atoms with Crippen molar-refractivity contribution in [1.29, 1.82) is 0 Å². The van der Waals surface area contributed by atoms with E-state index in [1.54, 1.807) is 6.33 Å². The number of nitrogens with zero attached hydrogens (tertiary/aromatic N) is 3. The van der Waals surface area contributed by atoms with Crippen LogP contribution in [-0.2, 0) is 17.6 Å². The van der Waals surface area contributed by atoms with Gasteiger partial charge in [-0.2, -0.15) is 0 Å². The molecule has 0 aliphatic carbocycles. The van der Waals surface area contributed by atoms with Gasteiger partial charge >= 0.3 is 0 Å². The number of imidazole rings is 1. The Hall–Kier alpha value is -1.12. The van der Waals surface area contributed by atoms with Crippen LogP contribution in [0.25, 0.3) is 4.85 Å². The van der Waals surface area contributed by atoms with Gasteiger partial charge in [0, 0.05) is 6.20 Å². The Balaban J connectivity index is 2.54. The van der Waals surface area contributed by atoms with Gasteiger partial charge in [0.05, 0.1) is 25.2 Å². The van der Waals surface area contributed by atoms with Gasteiger partial charge in [-0.3, -0.25) is 0 Å². The van der Waals surface area contributed by atoms with Gasteiger partial charge in [0.2, 0.25) is 6.54 Å². The van der Waals surface area contributed by atoms with Gasteiger partial charge in [0.25, 0.3) is 0 Å². The highest BCUT2D eigenvalue weighted by atomic mass is 28.4. The first-order valence-corrected chi connectivity index (χ1v) is 9.15. The van der Waals surface area contributed by atoms with E-state index in [1.807, 2.05) is 10.8 Å². The highest BCUT2D eigenvalue weighted by Gasteiger charge is 2.37. The van der Waals surface area contributed by atoms with E-state index >= 15 is 0 Å². The Morgan fingerprint density at radius 2 is 2.11 bits per heavy atom. The molecule has 0 saturated heterocycles. The SMILES string of the molecule is [C-]#[N+]CCn1cnc(CO[Si](C)(C)C(C)(C)C)c1. The van der Waals surface area contributed by atoms with Crippen molar-refractivity contribution in [3.8, 4) is 0 Å². The molecule has 1 aromatic heterocycles. The molecule has 4 nitrogen and oxygen atoms in total. The molecule has 0 fully saturated rings. The molecule has 0 atom stereocenters. The number of aromatic nitrogens is 2. The molecular weight excluding hydrogens is 242 g/mol. The summed E-state index contributed by atoms with van der Waals surface area (Å²) >= 11 is 0. The van der Waals surface area contributed by atoms with E-state index in [0.717, 1.165) is 5.69 Å². The maximum absolute atomic E-state index is 6.76. The topological polar surface area (TPSA) is 31.4 Å². The Labute approximate surface area is 111 Å². The minimum atomic E-state index is -1.70. The van der Waals surface area contributed by atoms with Crippen LogP contribution in [-0.4, -0.2) is 24.4 Å². The molecular formula is C13H23N3OSi. The molecule has 100 valence electrons. The molecule has 0 saturated carbocycles. The van der Waals surface area contributed by atoms with Crippen LogP contribution in [0, 0.1) is 6.57 Å². The Morgan fingerprint density at radius 3 is 2.67 bits per heavy atom. The van der Waals surface area contributed by atoms with E-state index < -0.39 is 8.32 Å². The summed E-state index contributed by atoms with van der Waals surface area (Å²) in [7, 11) is -1.70. The average Bonchev–Trinajstić information content (AvgIpc) is 2.70. The molecule has 0 aliphatic rings. The van der Waals surface area contributed by atoms with Crippen LogP contribution >= 0.6 is 0 Å². The fraction of sp³-hybridized carbons (Fsp3) is 0.692. The Bertz CT molecular complexity index is 426. The summed E-state index contributed by atoms with van der Waals surface area (Å²) in [4.78, 5) is 7.65. The summed E-state index contributed by atoms with van der Waals surface area (Å²) in [6.07, 6.45) is 3.74. The predicted molar refractivity (Wildman–Crippen MR) is 75.7 cm³/mol. The van der Waals surface area contributed by atoms with Gasteiger partial charge in [-0.15, -0.1) is 0 Å². The van der Waals surface area contributed by atoms with Gasteiger partial charge in [-0.25, -0.2) is 11.6 Å². The largest absolute Gasteiger partial charge is 0.411 e. The molecule has 0 aliphatic heterocycles. The molecule has 0 N–H and O–H groups in total. The summed E-state index contributed by atoms with van der Waals surface area (Å²) in [5, 5.41) is 0.222. The lowest BCUT2D eigenvalue weighted by Crippen LogP contribution is -2.40. The van der Waals surface area contributed by atoms with Gasteiger partial charge in [0.15, 0.2) is 8.32 Å². The van der Waals surface area contributed by atoms with Crippen LogP contribution in [0.2, 0.25) is 18.1 Å². The maximum atomic E-state index is 6.76. The van der Waals surface area contributed by atoms with E-state index in [9.17, 15) is 0 Å². The van der Waals surface area contributed by atoms with Crippen LogP contribution in [0.3, 0.4) is 0 Å². The summed E-state index contributed by atoms with van der Waals surface area (Å²) in [5.41, 5.74) is 0.949. The Morgan fingerprint density at radius 1 is 1.44 bits per heavy atom. The molecule has 18 heavy (non-hydrogen) atoms. The van der Waals surface area contributed by atoms with E-state index in [4.69, 9.17) is 11.0 Å². The second-order valence-electron chi connectivity index (χ2n) is 6.03. The lowest BCUT2D eigenvalue weighted by Gasteiger charge is -2.35. The summed E-state index contributed by atoms with van der Waals surface area (Å²) in [6, 6.07) is 0. The van der Waals surface area contributed by atoms with Crippen LogP contribution in [0.15, 0.2) is 12.5 Å². The van der Waals surface area contributed by atoms with Crippen molar-refractivity contribution in [2.24, 2.45) is 0 Å². The minimum absolute atomic E-state index is 0.222. The van der Waals surface area contributed by atoms with Crippen molar-refractivity contribution in [2.45, 2.75) is 52.1 Å². The number of hydrogen-bond acceptors (Lipinski definition) is 2. The molecule has 0 radical (unpaired) electrons. The molecule has 0 spiro atoms. The zero-order valence-corrected chi connectivity index (χ0v) is 13.0. The van der Waals surface area contributed by atoms with Crippen molar-refractivity contribution >= 4 is 8.32 Å². The van der Waals surface area contributed by atoms with Crippen molar-refractivity contribution in [1.82, 2.24) is 9.55 Å². The lowest BCUT2D eigenvalue weighted by molar-refractivity contribution is 0.272. The molecule has 0 amide bonds. The van der Waals surface area contributed by atoms with E-state index in [2.05, 4.69) is 43.7 Å². The van der Waals surface area contributed by atoms with Crippen molar-refractivity contribution in [3.05, 3.63) is 29.6 Å². The fourth-order valence-corrected chi connectivity index (χ4v) is 2.18. The first kappa shape index (κ1) is 14.9. The predicted octanol–water partition coefficient (Wildman–Crippen LogP) is 3.32. The van der Waals surface area contributed by atoms with Gasteiger partial charge in [0.1, 0.15) is 0 Å². The third kappa shape index (κ3) is 3.97. The monoisotopic (exact) mass is 265 g/mol. The van der Waals surface area contributed by atoms with E-state index in [1.165, 1.54) is 0 Å². The first-order chi connectivity index (χ1) is 8.26. The van der Waals surface area contributed by atoms with Crippen molar-refractivity contribution < 1.29 is 4.43 Å². The van der Waals surface area contributed by atoms with Gasteiger partial charge in [-0.1, -0.05) is 20.8 Å². The molecule has 0 unspecified atom stereocenters.